The van der Waals surface area contributed by atoms with Crippen LogP contribution < -0.4 is 10.0 Å². The Kier molecular flexibility index (Phi) is 5.07. The van der Waals surface area contributed by atoms with Gasteiger partial charge in [0.1, 0.15) is 5.82 Å². The zero-order chi connectivity index (χ0) is 17.0. The van der Waals surface area contributed by atoms with Crippen molar-refractivity contribution >= 4 is 39.1 Å². The van der Waals surface area contributed by atoms with Crippen LogP contribution in [0.15, 0.2) is 47.4 Å². The molecule has 2 rings (SSSR count). The zero-order valence-electron chi connectivity index (χ0n) is 11.8. The van der Waals surface area contributed by atoms with Crippen molar-refractivity contribution in [3.05, 3.63) is 53.3 Å². The topological polar surface area (TPSA) is 84.5 Å². The average Bonchev–Trinajstić information content (AvgIpc) is 2.49. The molecule has 0 bridgehead atoms. The van der Waals surface area contributed by atoms with Gasteiger partial charge in [0.2, 0.25) is 0 Å². The summed E-state index contributed by atoms with van der Waals surface area (Å²) in [4.78, 5) is 11.0. The SMILES string of the molecule is COC(=O)Nc1cccc(NS(=O)(=O)c2ccc(F)c(Cl)c2)c1. The van der Waals surface area contributed by atoms with Gasteiger partial charge in [0, 0.05) is 5.69 Å². The fraction of sp³-hybridized carbons (Fsp3) is 0.0714. The Morgan fingerprint density at radius 2 is 1.87 bits per heavy atom. The second-order valence-electron chi connectivity index (χ2n) is 4.38. The van der Waals surface area contributed by atoms with E-state index >= 15 is 0 Å². The summed E-state index contributed by atoms with van der Waals surface area (Å²) in [6.07, 6.45) is -0.685. The summed E-state index contributed by atoms with van der Waals surface area (Å²) < 4.78 is 44.4. The molecule has 0 aliphatic heterocycles. The first-order valence-electron chi connectivity index (χ1n) is 6.25. The molecule has 0 aromatic heterocycles. The molecule has 0 heterocycles. The second kappa shape index (κ2) is 6.84. The maximum absolute atomic E-state index is 13.1. The quantitative estimate of drug-likeness (QED) is 0.876. The molecule has 0 aliphatic carbocycles. The number of rotatable bonds is 4. The molecule has 1 amide bonds. The fourth-order valence-corrected chi connectivity index (χ4v) is 3.01. The van der Waals surface area contributed by atoms with Gasteiger partial charge in [0.05, 0.1) is 22.7 Å². The van der Waals surface area contributed by atoms with Crippen LogP contribution in [-0.2, 0) is 14.8 Å². The van der Waals surface area contributed by atoms with Gasteiger partial charge in [0.15, 0.2) is 0 Å². The molecule has 2 aromatic carbocycles. The number of ether oxygens (including phenoxy) is 1. The summed E-state index contributed by atoms with van der Waals surface area (Å²) in [5.41, 5.74) is 0.550. The van der Waals surface area contributed by atoms with Crippen molar-refractivity contribution in [3.8, 4) is 0 Å². The molecule has 0 saturated heterocycles. The minimum atomic E-state index is -3.95. The van der Waals surface area contributed by atoms with Crippen LogP contribution in [-0.4, -0.2) is 21.6 Å². The highest BCUT2D eigenvalue weighted by Gasteiger charge is 2.16. The third kappa shape index (κ3) is 4.33. The van der Waals surface area contributed by atoms with E-state index in [1.807, 2.05) is 0 Å². The Balaban J connectivity index is 2.25. The molecule has 0 spiro atoms. The molecule has 0 aliphatic rings. The number of anilines is 2. The zero-order valence-corrected chi connectivity index (χ0v) is 13.4. The van der Waals surface area contributed by atoms with Crippen LogP contribution in [0.3, 0.4) is 0 Å². The molecule has 0 saturated carbocycles. The van der Waals surface area contributed by atoms with Crippen molar-refractivity contribution in [1.82, 2.24) is 0 Å². The van der Waals surface area contributed by atoms with E-state index in [1.54, 1.807) is 12.1 Å². The lowest BCUT2D eigenvalue weighted by Crippen LogP contribution is -2.14. The van der Waals surface area contributed by atoms with Crippen LogP contribution in [0.4, 0.5) is 20.6 Å². The van der Waals surface area contributed by atoms with E-state index in [9.17, 15) is 17.6 Å². The number of nitrogens with one attached hydrogen (secondary N) is 2. The first kappa shape index (κ1) is 17.0. The minimum absolute atomic E-state index is 0.185. The van der Waals surface area contributed by atoms with Gasteiger partial charge in [-0.3, -0.25) is 10.0 Å². The van der Waals surface area contributed by atoms with Crippen LogP contribution in [0.5, 0.6) is 0 Å². The van der Waals surface area contributed by atoms with Crippen molar-refractivity contribution in [1.29, 1.82) is 0 Å². The molecule has 0 radical (unpaired) electrons. The predicted octanol–water partition coefficient (Wildman–Crippen LogP) is 3.46. The number of carbonyl (C=O) groups excluding carboxylic acids is 1. The lowest BCUT2D eigenvalue weighted by molar-refractivity contribution is 0.187. The molecule has 0 atom stereocenters. The van der Waals surface area contributed by atoms with Gasteiger partial charge in [-0.1, -0.05) is 17.7 Å². The molecular weight excluding hydrogens is 347 g/mol. The number of methoxy groups -OCH3 is 1. The summed E-state index contributed by atoms with van der Waals surface area (Å²) in [5.74, 6) is -0.713. The Morgan fingerprint density at radius 3 is 2.52 bits per heavy atom. The molecule has 0 unspecified atom stereocenters. The summed E-state index contributed by atoms with van der Waals surface area (Å²) >= 11 is 5.59. The minimum Gasteiger partial charge on any atom is -0.453 e. The summed E-state index contributed by atoms with van der Waals surface area (Å²) in [5, 5.41) is 2.11. The molecule has 2 aromatic rings. The summed E-state index contributed by atoms with van der Waals surface area (Å²) in [6.45, 7) is 0. The van der Waals surface area contributed by atoms with Gasteiger partial charge in [-0.2, -0.15) is 0 Å². The van der Waals surface area contributed by atoms with Crippen LogP contribution in [0.25, 0.3) is 0 Å². The van der Waals surface area contributed by atoms with Gasteiger partial charge < -0.3 is 4.74 Å². The fourth-order valence-electron chi connectivity index (χ4n) is 1.69. The van der Waals surface area contributed by atoms with E-state index in [2.05, 4.69) is 14.8 Å². The Labute approximate surface area is 137 Å². The average molecular weight is 359 g/mol. The van der Waals surface area contributed by atoms with E-state index in [0.717, 1.165) is 18.2 Å². The molecule has 23 heavy (non-hydrogen) atoms. The largest absolute Gasteiger partial charge is 0.453 e. The lowest BCUT2D eigenvalue weighted by Gasteiger charge is -2.10. The summed E-state index contributed by atoms with van der Waals surface area (Å²) in [7, 11) is -2.74. The smallest absolute Gasteiger partial charge is 0.411 e. The number of hydrogen-bond donors (Lipinski definition) is 2. The normalized spacial score (nSPS) is 10.9. The van der Waals surface area contributed by atoms with E-state index in [1.165, 1.54) is 19.2 Å². The highest BCUT2D eigenvalue weighted by Crippen LogP contribution is 2.23. The second-order valence-corrected chi connectivity index (χ2v) is 6.47. The molecule has 0 fully saturated rings. The van der Waals surface area contributed by atoms with E-state index < -0.39 is 21.9 Å². The highest BCUT2D eigenvalue weighted by atomic mass is 35.5. The van der Waals surface area contributed by atoms with Gasteiger partial charge in [-0.15, -0.1) is 0 Å². The number of amides is 1. The van der Waals surface area contributed by atoms with Crippen molar-refractivity contribution < 1.29 is 22.3 Å². The number of hydrogen-bond acceptors (Lipinski definition) is 4. The first-order chi connectivity index (χ1) is 10.8. The number of sulfonamides is 1. The summed E-state index contributed by atoms with van der Waals surface area (Å²) in [6, 6.07) is 9.07. The van der Waals surface area contributed by atoms with Gasteiger partial charge >= 0.3 is 6.09 Å². The highest BCUT2D eigenvalue weighted by molar-refractivity contribution is 7.92. The molecule has 6 nitrogen and oxygen atoms in total. The van der Waals surface area contributed by atoms with Crippen LogP contribution in [0, 0.1) is 5.82 Å². The lowest BCUT2D eigenvalue weighted by atomic mass is 10.3. The third-order valence-corrected chi connectivity index (χ3v) is 4.42. The molecule has 2 N–H and O–H groups in total. The van der Waals surface area contributed by atoms with E-state index in [4.69, 9.17) is 11.6 Å². The van der Waals surface area contributed by atoms with E-state index in [0.29, 0.717) is 5.69 Å². The van der Waals surface area contributed by atoms with Crippen molar-refractivity contribution in [2.24, 2.45) is 0 Å². The molecule has 122 valence electrons. The van der Waals surface area contributed by atoms with Crippen molar-refractivity contribution in [2.45, 2.75) is 4.90 Å². The monoisotopic (exact) mass is 358 g/mol. The Bertz CT molecular complexity index is 842. The first-order valence-corrected chi connectivity index (χ1v) is 8.11. The predicted molar refractivity (Wildman–Crippen MR) is 84.7 cm³/mol. The number of carbonyl (C=O) groups is 1. The maximum atomic E-state index is 13.1. The maximum Gasteiger partial charge on any atom is 0.411 e. The van der Waals surface area contributed by atoms with Gasteiger partial charge in [0.25, 0.3) is 10.0 Å². The number of halogens is 2. The Morgan fingerprint density at radius 1 is 1.17 bits per heavy atom. The van der Waals surface area contributed by atoms with Crippen LogP contribution in [0.2, 0.25) is 5.02 Å². The third-order valence-electron chi connectivity index (χ3n) is 2.75. The molecular formula is C14H12ClFN2O4S. The molecule has 9 heteroatoms. The van der Waals surface area contributed by atoms with Crippen molar-refractivity contribution in [2.75, 3.05) is 17.1 Å². The van der Waals surface area contributed by atoms with Crippen molar-refractivity contribution in [3.63, 3.8) is 0 Å². The van der Waals surface area contributed by atoms with Crippen LogP contribution >= 0.6 is 11.6 Å². The van der Waals surface area contributed by atoms with Gasteiger partial charge in [-0.25, -0.2) is 17.6 Å². The van der Waals surface area contributed by atoms with Gasteiger partial charge in [-0.05, 0) is 36.4 Å². The van der Waals surface area contributed by atoms with Crippen LogP contribution in [0.1, 0.15) is 0 Å². The standard InChI is InChI=1S/C14H12ClFN2O4S/c1-22-14(19)17-9-3-2-4-10(7-9)18-23(20,21)11-5-6-13(16)12(15)8-11/h2-8,18H,1H3,(H,17,19). The Hall–Kier alpha value is -2.32. The number of benzene rings is 2. The van der Waals surface area contributed by atoms with E-state index in [-0.39, 0.29) is 15.6 Å².